The number of halogens is 1. The van der Waals surface area contributed by atoms with Gasteiger partial charge in [0, 0.05) is 13.0 Å². The molecule has 0 aliphatic carbocycles. The van der Waals surface area contributed by atoms with Gasteiger partial charge < -0.3 is 5.32 Å². The van der Waals surface area contributed by atoms with E-state index in [9.17, 15) is 9.59 Å². The SMILES string of the molecule is Cc1ccc(NC(=O)CCn2cnc3c(C)cccc3c2=O)c(Cl)c1. The topological polar surface area (TPSA) is 64.0 Å². The van der Waals surface area contributed by atoms with Crippen LogP contribution in [0.4, 0.5) is 5.69 Å². The molecular formula is C19H18ClN3O2. The van der Waals surface area contributed by atoms with E-state index in [0.29, 0.717) is 21.6 Å². The van der Waals surface area contributed by atoms with Crippen molar-refractivity contribution in [3.05, 3.63) is 69.2 Å². The van der Waals surface area contributed by atoms with Gasteiger partial charge in [-0.05, 0) is 43.2 Å². The fourth-order valence-corrected chi connectivity index (χ4v) is 2.94. The summed E-state index contributed by atoms with van der Waals surface area (Å²) in [7, 11) is 0. The number of carbonyl (C=O) groups is 1. The number of benzene rings is 2. The fourth-order valence-electron chi connectivity index (χ4n) is 2.65. The minimum absolute atomic E-state index is 0.144. The van der Waals surface area contributed by atoms with E-state index in [1.165, 1.54) is 10.9 Å². The fraction of sp³-hybridized carbons (Fsp3) is 0.211. The van der Waals surface area contributed by atoms with Gasteiger partial charge in [0.25, 0.3) is 5.56 Å². The molecule has 3 rings (SSSR count). The molecule has 0 unspecified atom stereocenters. The van der Waals surface area contributed by atoms with E-state index in [1.807, 2.05) is 32.0 Å². The van der Waals surface area contributed by atoms with Crippen molar-refractivity contribution in [1.82, 2.24) is 9.55 Å². The first-order valence-corrected chi connectivity index (χ1v) is 8.34. The molecule has 1 amide bonds. The highest BCUT2D eigenvalue weighted by Gasteiger charge is 2.09. The van der Waals surface area contributed by atoms with E-state index in [1.54, 1.807) is 18.2 Å². The van der Waals surface area contributed by atoms with Crippen molar-refractivity contribution >= 4 is 34.1 Å². The summed E-state index contributed by atoms with van der Waals surface area (Å²) in [5, 5.41) is 3.82. The van der Waals surface area contributed by atoms with Gasteiger partial charge in [-0.2, -0.15) is 0 Å². The highest BCUT2D eigenvalue weighted by Crippen LogP contribution is 2.22. The zero-order chi connectivity index (χ0) is 18.0. The molecule has 0 saturated carbocycles. The van der Waals surface area contributed by atoms with Crippen LogP contribution in [-0.2, 0) is 11.3 Å². The summed E-state index contributed by atoms with van der Waals surface area (Å²) in [5.41, 5.74) is 3.09. The number of anilines is 1. The van der Waals surface area contributed by atoms with Gasteiger partial charge in [-0.3, -0.25) is 14.2 Å². The number of nitrogens with one attached hydrogen (secondary N) is 1. The van der Waals surface area contributed by atoms with Gasteiger partial charge in [0.15, 0.2) is 0 Å². The van der Waals surface area contributed by atoms with E-state index in [2.05, 4.69) is 10.3 Å². The molecule has 6 heteroatoms. The Morgan fingerprint density at radius 2 is 2.04 bits per heavy atom. The third-order valence-corrected chi connectivity index (χ3v) is 4.35. The Balaban J connectivity index is 1.73. The first-order valence-electron chi connectivity index (χ1n) is 7.96. The van der Waals surface area contributed by atoms with E-state index in [4.69, 9.17) is 11.6 Å². The quantitative estimate of drug-likeness (QED) is 0.776. The molecule has 128 valence electrons. The Labute approximate surface area is 150 Å². The van der Waals surface area contributed by atoms with Gasteiger partial charge in [-0.25, -0.2) is 4.98 Å². The van der Waals surface area contributed by atoms with Gasteiger partial charge in [0.2, 0.25) is 5.91 Å². The summed E-state index contributed by atoms with van der Waals surface area (Å²) in [5.74, 6) is -0.206. The van der Waals surface area contributed by atoms with Crippen LogP contribution in [-0.4, -0.2) is 15.5 Å². The lowest BCUT2D eigenvalue weighted by Gasteiger charge is -2.10. The molecule has 25 heavy (non-hydrogen) atoms. The summed E-state index contributed by atoms with van der Waals surface area (Å²) in [6, 6.07) is 10.9. The molecule has 0 aliphatic rings. The average Bonchev–Trinajstić information content (AvgIpc) is 2.57. The maximum absolute atomic E-state index is 12.5. The number of rotatable bonds is 4. The molecule has 0 bridgehead atoms. The number of aryl methyl sites for hydroxylation is 3. The van der Waals surface area contributed by atoms with Crippen LogP contribution >= 0.6 is 11.6 Å². The molecule has 2 aromatic carbocycles. The summed E-state index contributed by atoms with van der Waals surface area (Å²) in [6.45, 7) is 4.10. The van der Waals surface area contributed by atoms with Crippen molar-refractivity contribution < 1.29 is 4.79 Å². The lowest BCUT2D eigenvalue weighted by molar-refractivity contribution is -0.116. The second-order valence-corrected chi connectivity index (χ2v) is 6.40. The minimum atomic E-state index is -0.206. The van der Waals surface area contributed by atoms with Crippen molar-refractivity contribution in [3.63, 3.8) is 0 Å². The van der Waals surface area contributed by atoms with Crippen molar-refractivity contribution in [2.24, 2.45) is 0 Å². The molecule has 0 atom stereocenters. The van der Waals surface area contributed by atoms with Crippen LogP contribution < -0.4 is 10.9 Å². The van der Waals surface area contributed by atoms with Gasteiger partial charge in [0.05, 0.1) is 27.9 Å². The molecule has 1 N–H and O–H groups in total. The third-order valence-electron chi connectivity index (χ3n) is 4.03. The maximum Gasteiger partial charge on any atom is 0.261 e. The smallest absolute Gasteiger partial charge is 0.261 e. The maximum atomic E-state index is 12.5. The molecule has 0 fully saturated rings. The second kappa shape index (κ2) is 7.07. The van der Waals surface area contributed by atoms with Gasteiger partial charge in [-0.15, -0.1) is 0 Å². The Hall–Kier alpha value is -2.66. The first kappa shape index (κ1) is 17.2. The number of fused-ring (bicyclic) bond motifs is 1. The highest BCUT2D eigenvalue weighted by molar-refractivity contribution is 6.33. The van der Waals surface area contributed by atoms with Crippen LogP contribution in [0.5, 0.6) is 0 Å². The summed E-state index contributed by atoms with van der Waals surface area (Å²) >= 11 is 6.12. The summed E-state index contributed by atoms with van der Waals surface area (Å²) < 4.78 is 1.46. The van der Waals surface area contributed by atoms with Crippen molar-refractivity contribution in [2.75, 3.05) is 5.32 Å². The average molecular weight is 356 g/mol. The highest BCUT2D eigenvalue weighted by atomic mass is 35.5. The number of amides is 1. The van der Waals surface area contributed by atoms with Crippen LogP contribution in [0.1, 0.15) is 17.5 Å². The minimum Gasteiger partial charge on any atom is -0.325 e. The Bertz CT molecular complexity index is 1010. The molecule has 1 heterocycles. The Morgan fingerprint density at radius 3 is 2.80 bits per heavy atom. The zero-order valence-electron chi connectivity index (χ0n) is 14.0. The molecule has 0 saturated heterocycles. The predicted molar refractivity (Wildman–Crippen MR) is 100 cm³/mol. The number of carbonyl (C=O) groups excluding carboxylic acids is 1. The number of para-hydroxylation sites is 1. The predicted octanol–water partition coefficient (Wildman–Crippen LogP) is 3.70. The Morgan fingerprint density at radius 1 is 1.24 bits per heavy atom. The van der Waals surface area contributed by atoms with E-state index < -0.39 is 0 Å². The molecule has 0 spiro atoms. The van der Waals surface area contributed by atoms with E-state index in [0.717, 1.165) is 11.1 Å². The largest absolute Gasteiger partial charge is 0.325 e. The zero-order valence-corrected chi connectivity index (χ0v) is 14.8. The molecular weight excluding hydrogens is 338 g/mol. The van der Waals surface area contributed by atoms with Gasteiger partial charge in [0.1, 0.15) is 0 Å². The summed E-state index contributed by atoms with van der Waals surface area (Å²) in [4.78, 5) is 29.0. The number of aromatic nitrogens is 2. The number of hydrogen-bond acceptors (Lipinski definition) is 3. The van der Waals surface area contributed by atoms with Crippen LogP contribution in [0.25, 0.3) is 10.9 Å². The van der Waals surface area contributed by atoms with Crippen LogP contribution in [0.2, 0.25) is 5.02 Å². The lowest BCUT2D eigenvalue weighted by Crippen LogP contribution is -2.24. The van der Waals surface area contributed by atoms with Crippen LogP contribution in [0.15, 0.2) is 47.5 Å². The van der Waals surface area contributed by atoms with Gasteiger partial charge in [-0.1, -0.05) is 29.8 Å². The molecule has 0 radical (unpaired) electrons. The van der Waals surface area contributed by atoms with Gasteiger partial charge >= 0.3 is 0 Å². The van der Waals surface area contributed by atoms with E-state index in [-0.39, 0.29) is 24.4 Å². The third kappa shape index (κ3) is 3.72. The lowest BCUT2D eigenvalue weighted by atomic mass is 10.1. The molecule has 5 nitrogen and oxygen atoms in total. The first-order chi connectivity index (χ1) is 12.0. The number of hydrogen-bond donors (Lipinski definition) is 1. The number of nitrogens with zero attached hydrogens (tertiary/aromatic N) is 2. The molecule has 1 aromatic heterocycles. The molecule has 0 aliphatic heterocycles. The van der Waals surface area contributed by atoms with E-state index >= 15 is 0 Å². The van der Waals surface area contributed by atoms with Crippen LogP contribution in [0, 0.1) is 13.8 Å². The van der Waals surface area contributed by atoms with Crippen molar-refractivity contribution in [2.45, 2.75) is 26.8 Å². The normalized spacial score (nSPS) is 10.8. The standard InChI is InChI=1S/C19H18ClN3O2/c1-12-6-7-16(15(20)10-12)22-17(24)8-9-23-11-21-18-13(2)4-3-5-14(18)19(23)25/h3-7,10-11H,8-9H2,1-2H3,(H,22,24). The van der Waals surface area contributed by atoms with Crippen molar-refractivity contribution in [1.29, 1.82) is 0 Å². The summed E-state index contributed by atoms with van der Waals surface area (Å²) in [6.07, 6.45) is 1.65. The monoisotopic (exact) mass is 355 g/mol. The van der Waals surface area contributed by atoms with Crippen LogP contribution in [0.3, 0.4) is 0 Å². The second-order valence-electron chi connectivity index (χ2n) is 6.00. The molecule has 3 aromatic rings. The Kier molecular flexibility index (Phi) is 4.86. The van der Waals surface area contributed by atoms with Crippen molar-refractivity contribution in [3.8, 4) is 0 Å².